The zero-order valence-corrected chi connectivity index (χ0v) is 15.1. The minimum atomic E-state index is -0.159. The highest BCUT2D eigenvalue weighted by molar-refractivity contribution is 5.98. The fourth-order valence-electron chi connectivity index (χ4n) is 3.10. The number of carbonyl (C=O) groups is 1. The number of aromatic amines is 1. The third kappa shape index (κ3) is 3.36. The number of methoxy groups -OCH3 is 2. The molecular weight excluding hydrogens is 348 g/mol. The topological polar surface area (TPSA) is 81.8 Å². The summed E-state index contributed by atoms with van der Waals surface area (Å²) in [7, 11) is 3.20. The number of ether oxygens (including phenoxy) is 4. The van der Waals surface area contributed by atoms with Crippen molar-refractivity contribution in [2.75, 3.05) is 27.6 Å². The van der Waals surface area contributed by atoms with Crippen molar-refractivity contribution < 1.29 is 23.7 Å². The maximum atomic E-state index is 12.4. The van der Waals surface area contributed by atoms with E-state index in [0.717, 1.165) is 16.5 Å². The van der Waals surface area contributed by atoms with Crippen LogP contribution in [0.1, 0.15) is 16.1 Å². The molecule has 0 saturated heterocycles. The zero-order valence-electron chi connectivity index (χ0n) is 15.1. The Kier molecular flexibility index (Phi) is 4.50. The predicted octanol–water partition coefficient (Wildman–Crippen LogP) is 2.89. The molecule has 0 fully saturated rings. The van der Waals surface area contributed by atoms with Crippen LogP contribution in [-0.4, -0.2) is 38.4 Å². The average Bonchev–Trinajstić information content (AvgIpc) is 3.31. The van der Waals surface area contributed by atoms with Gasteiger partial charge in [0.1, 0.15) is 5.69 Å². The van der Waals surface area contributed by atoms with E-state index in [2.05, 4.69) is 10.3 Å². The Morgan fingerprint density at radius 3 is 2.63 bits per heavy atom. The lowest BCUT2D eigenvalue weighted by molar-refractivity contribution is 0.0950. The van der Waals surface area contributed by atoms with Gasteiger partial charge in [0.05, 0.1) is 14.2 Å². The number of carbonyl (C=O) groups excluding carboxylic acids is 1. The Hall–Kier alpha value is -3.35. The molecule has 1 aliphatic rings. The minimum absolute atomic E-state index is 0.159. The molecular formula is C20H20N2O5. The van der Waals surface area contributed by atoms with Gasteiger partial charge in [-0.15, -0.1) is 0 Å². The SMILES string of the molecule is COc1ccc(CCNC(=O)c2cc3cc4c(cc3[nH]2)OCO4)cc1OC. The van der Waals surface area contributed by atoms with Crippen LogP contribution < -0.4 is 24.3 Å². The summed E-state index contributed by atoms with van der Waals surface area (Å²) in [6, 6.07) is 11.3. The van der Waals surface area contributed by atoms with E-state index in [1.807, 2.05) is 36.4 Å². The maximum Gasteiger partial charge on any atom is 0.267 e. The van der Waals surface area contributed by atoms with Gasteiger partial charge in [-0.1, -0.05) is 6.07 Å². The van der Waals surface area contributed by atoms with Gasteiger partial charge in [0.15, 0.2) is 23.0 Å². The zero-order chi connectivity index (χ0) is 18.8. The second kappa shape index (κ2) is 7.11. The fourth-order valence-corrected chi connectivity index (χ4v) is 3.10. The standard InChI is InChI=1S/C20H20N2O5/c1-24-16-4-3-12(7-17(16)25-2)5-6-21-20(23)15-8-13-9-18-19(27-11-26-18)10-14(13)22-15/h3-4,7-10,22H,5-6,11H2,1-2H3,(H,21,23). The van der Waals surface area contributed by atoms with Gasteiger partial charge in [-0.3, -0.25) is 4.79 Å². The van der Waals surface area contributed by atoms with Crippen LogP contribution in [0.4, 0.5) is 0 Å². The maximum absolute atomic E-state index is 12.4. The highest BCUT2D eigenvalue weighted by atomic mass is 16.7. The molecule has 0 spiro atoms. The number of aromatic nitrogens is 1. The Morgan fingerprint density at radius 2 is 1.85 bits per heavy atom. The minimum Gasteiger partial charge on any atom is -0.493 e. The van der Waals surface area contributed by atoms with E-state index in [-0.39, 0.29) is 12.7 Å². The Bertz CT molecular complexity index is 954. The van der Waals surface area contributed by atoms with E-state index in [1.54, 1.807) is 14.2 Å². The summed E-state index contributed by atoms with van der Waals surface area (Å²) < 4.78 is 21.3. The molecule has 0 unspecified atom stereocenters. The van der Waals surface area contributed by atoms with E-state index in [4.69, 9.17) is 18.9 Å². The van der Waals surface area contributed by atoms with E-state index in [0.29, 0.717) is 41.7 Å². The molecule has 1 amide bonds. The number of fused-ring (bicyclic) bond motifs is 2. The number of H-pyrrole nitrogens is 1. The normalized spacial score (nSPS) is 12.2. The molecule has 3 aromatic rings. The molecule has 7 heteroatoms. The fraction of sp³-hybridized carbons (Fsp3) is 0.250. The van der Waals surface area contributed by atoms with Crippen molar-refractivity contribution in [3.63, 3.8) is 0 Å². The van der Waals surface area contributed by atoms with Crippen LogP contribution in [0.2, 0.25) is 0 Å². The van der Waals surface area contributed by atoms with Crippen molar-refractivity contribution >= 4 is 16.8 Å². The summed E-state index contributed by atoms with van der Waals surface area (Å²) in [5.74, 6) is 2.58. The number of rotatable bonds is 6. The second-order valence-electron chi connectivity index (χ2n) is 6.17. The van der Waals surface area contributed by atoms with Gasteiger partial charge in [0.25, 0.3) is 5.91 Å². The van der Waals surface area contributed by atoms with E-state index in [9.17, 15) is 4.79 Å². The molecule has 1 aromatic heterocycles. The number of nitrogens with one attached hydrogen (secondary N) is 2. The molecule has 4 rings (SSSR count). The van der Waals surface area contributed by atoms with Gasteiger partial charge >= 0.3 is 0 Å². The van der Waals surface area contributed by atoms with E-state index in [1.165, 1.54) is 0 Å². The Balaban J connectivity index is 1.40. The quantitative estimate of drug-likeness (QED) is 0.699. The molecule has 0 saturated carbocycles. The summed E-state index contributed by atoms with van der Waals surface area (Å²) in [6.45, 7) is 0.734. The molecule has 7 nitrogen and oxygen atoms in total. The Morgan fingerprint density at radius 1 is 1.07 bits per heavy atom. The summed E-state index contributed by atoms with van der Waals surface area (Å²) in [6.07, 6.45) is 0.683. The summed E-state index contributed by atoms with van der Waals surface area (Å²) in [5, 5.41) is 3.83. The van der Waals surface area contributed by atoms with Gasteiger partial charge in [-0.05, 0) is 36.2 Å². The highest BCUT2D eigenvalue weighted by Gasteiger charge is 2.17. The molecule has 0 aliphatic carbocycles. The molecule has 140 valence electrons. The number of benzene rings is 2. The van der Waals surface area contributed by atoms with Gasteiger partial charge in [0, 0.05) is 23.5 Å². The lowest BCUT2D eigenvalue weighted by Gasteiger charge is -2.10. The molecule has 1 aliphatic heterocycles. The van der Waals surface area contributed by atoms with Crippen molar-refractivity contribution in [1.29, 1.82) is 0 Å². The van der Waals surface area contributed by atoms with Gasteiger partial charge < -0.3 is 29.2 Å². The number of hydrogen-bond acceptors (Lipinski definition) is 5. The van der Waals surface area contributed by atoms with Gasteiger partial charge in [-0.25, -0.2) is 0 Å². The van der Waals surface area contributed by atoms with Crippen LogP contribution in [0.5, 0.6) is 23.0 Å². The van der Waals surface area contributed by atoms with Crippen LogP contribution >= 0.6 is 0 Å². The second-order valence-corrected chi connectivity index (χ2v) is 6.17. The first kappa shape index (κ1) is 17.1. The van der Waals surface area contributed by atoms with Crippen molar-refractivity contribution in [3.05, 3.63) is 47.7 Å². The van der Waals surface area contributed by atoms with Crippen molar-refractivity contribution in [3.8, 4) is 23.0 Å². The van der Waals surface area contributed by atoms with Gasteiger partial charge in [0.2, 0.25) is 6.79 Å². The van der Waals surface area contributed by atoms with E-state index < -0.39 is 0 Å². The van der Waals surface area contributed by atoms with E-state index >= 15 is 0 Å². The first-order valence-corrected chi connectivity index (χ1v) is 8.59. The molecule has 0 radical (unpaired) electrons. The predicted molar refractivity (Wildman–Crippen MR) is 100 cm³/mol. The van der Waals surface area contributed by atoms with Crippen LogP contribution in [0, 0.1) is 0 Å². The molecule has 27 heavy (non-hydrogen) atoms. The molecule has 0 atom stereocenters. The number of hydrogen-bond donors (Lipinski definition) is 2. The van der Waals surface area contributed by atoms with Crippen LogP contribution in [0.3, 0.4) is 0 Å². The average molecular weight is 368 g/mol. The van der Waals surface area contributed by atoms with Gasteiger partial charge in [-0.2, -0.15) is 0 Å². The van der Waals surface area contributed by atoms with Crippen LogP contribution in [0.15, 0.2) is 36.4 Å². The summed E-state index contributed by atoms with van der Waals surface area (Å²) in [5.41, 5.74) is 2.39. The van der Waals surface area contributed by atoms with Crippen LogP contribution in [-0.2, 0) is 6.42 Å². The third-order valence-electron chi connectivity index (χ3n) is 4.51. The molecule has 2 heterocycles. The van der Waals surface area contributed by atoms with Crippen molar-refractivity contribution in [2.45, 2.75) is 6.42 Å². The highest BCUT2D eigenvalue weighted by Crippen LogP contribution is 2.36. The first-order valence-electron chi connectivity index (χ1n) is 8.59. The van der Waals surface area contributed by atoms with Crippen LogP contribution in [0.25, 0.3) is 10.9 Å². The monoisotopic (exact) mass is 368 g/mol. The summed E-state index contributed by atoms with van der Waals surface area (Å²) in [4.78, 5) is 15.6. The first-order chi connectivity index (χ1) is 13.2. The molecule has 0 bridgehead atoms. The largest absolute Gasteiger partial charge is 0.493 e. The lowest BCUT2D eigenvalue weighted by atomic mass is 10.1. The number of amides is 1. The Labute approximate surface area is 156 Å². The van der Waals surface area contributed by atoms with Crippen molar-refractivity contribution in [1.82, 2.24) is 10.3 Å². The smallest absolute Gasteiger partial charge is 0.267 e. The summed E-state index contributed by atoms with van der Waals surface area (Å²) >= 11 is 0. The molecule has 2 aromatic carbocycles. The lowest BCUT2D eigenvalue weighted by Crippen LogP contribution is -2.25. The van der Waals surface area contributed by atoms with Crippen molar-refractivity contribution in [2.24, 2.45) is 0 Å². The molecule has 2 N–H and O–H groups in total. The third-order valence-corrected chi connectivity index (χ3v) is 4.51.